The van der Waals surface area contributed by atoms with Crippen LogP contribution in [0.15, 0.2) is 72.8 Å². The maximum atomic E-state index is 13.2. The second-order valence-corrected chi connectivity index (χ2v) is 7.33. The first-order valence-corrected chi connectivity index (χ1v) is 9.62. The number of hydrogen-bond donors (Lipinski definition) is 1. The molecule has 6 heteroatoms. The van der Waals surface area contributed by atoms with Crippen LogP contribution in [0.4, 0.5) is 4.39 Å². The first-order valence-electron chi connectivity index (χ1n) is 9.24. The van der Waals surface area contributed by atoms with Crippen molar-refractivity contribution in [2.24, 2.45) is 0 Å². The van der Waals surface area contributed by atoms with E-state index in [0.29, 0.717) is 21.7 Å². The van der Waals surface area contributed by atoms with Crippen LogP contribution in [0.3, 0.4) is 0 Å². The molecule has 4 nitrogen and oxygen atoms in total. The molecule has 0 aliphatic carbocycles. The van der Waals surface area contributed by atoms with Crippen molar-refractivity contribution in [3.05, 3.63) is 106 Å². The number of benzene rings is 3. The van der Waals surface area contributed by atoms with Crippen LogP contribution < -0.4 is 0 Å². The zero-order chi connectivity index (χ0) is 21.7. The summed E-state index contributed by atoms with van der Waals surface area (Å²) in [5.41, 5.74) is 1.43. The van der Waals surface area contributed by atoms with Gasteiger partial charge in [-0.2, -0.15) is 0 Å². The van der Waals surface area contributed by atoms with Gasteiger partial charge in [0.15, 0.2) is 11.6 Å². The van der Waals surface area contributed by atoms with E-state index >= 15 is 0 Å². The van der Waals surface area contributed by atoms with Gasteiger partial charge in [0, 0.05) is 29.0 Å². The Morgan fingerprint density at radius 1 is 0.800 bits per heavy atom. The minimum absolute atomic E-state index is 0.0115. The number of carbonyl (C=O) groups excluding carboxylic acids is 2. The van der Waals surface area contributed by atoms with E-state index in [4.69, 9.17) is 11.6 Å². The molecule has 3 aromatic rings. The molecule has 3 rings (SSSR count). The number of carbonyl (C=O) groups is 3. The Balaban J connectivity index is 1.89. The molecule has 0 bridgehead atoms. The summed E-state index contributed by atoms with van der Waals surface area (Å²) in [6.45, 7) is 0. The Hall–Kier alpha value is -3.31. The van der Waals surface area contributed by atoms with Gasteiger partial charge in [0.1, 0.15) is 5.82 Å². The van der Waals surface area contributed by atoms with Gasteiger partial charge >= 0.3 is 5.97 Å². The number of Topliss-reactive ketones (excluding diaryl/α,β-unsaturated/α-hetero) is 2. The second-order valence-electron chi connectivity index (χ2n) is 6.90. The molecule has 30 heavy (non-hydrogen) atoms. The Kier molecular flexibility index (Phi) is 6.75. The standard InChI is InChI=1S/C24H18ClFO4/c25-20-8-4-15(5-9-20)22(27)13-19(17-2-1-3-18(12-17)24(29)30)14-23(28)16-6-10-21(26)11-7-16/h1-12,19H,13-14H2,(H,29,30). The van der Waals surface area contributed by atoms with Gasteiger partial charge in [-0.25, -0.2) is 9.18 Å². The zero-order valence-electron chi connectivity index (χ0n) is 15.8. The normalized spacial score (nSPS) is 11.7. The number of halogens is 2. The molecule has 0 saturated carbocycles. The first kappa shape index (κ1) is 21.4. The number of carboxylic acid groups (broad SMARTS) is 1. The third-order valence-corrected chi connectivity index (χ3v) is 5.05. The molecule has 0 radical (unpaired) electrons. The third-order valence-electron chi connectivity index (χ3n) is 4.80. The van der Waals surface area contributed by atoms with Gasteiger partial charge < -0.3 is 5.11 Å². The van der Waals surface area contributed by atoms with Crippen molar-refractivity contribution < 1.29 is 23.9 Å². The van der Waals surface area contributed by atoms with Crippen LogP contribution >= 0.6 is 11.6 Å². The summed E-state index contributed by atoms with van der Waals surface area (Å²) < 4.78 is 13.2. The van der Waals surface area contributed by atoms with Gasteiger partial charge in [-0.05, 0) is 72.1 Å². The predicted molar refractivity (Wildman–Crippen MR) is 112 cm³/mol. The largest absolute Gasteiger partial charge is 0.478 e. The smallest absolute Gasteiger partial charge is 0.335 e. The van der Waals surface area contributed by atoms with Crippen molar-refractivity contribution in [3.63, 3.8) is 0 Å². The van der Waals surface area contributed by atoms with Crippen LogP contribution in [-0.4, -0.2) is 22.6 Å². The van der Waals surface area contributed by atoms with Crippen LogP contribution in [0.25, 0.3) is 0 Å². The van der Waals surface area contributed by atoms with Gasteiger partial charge in [0.2, 0.25) is 0 Å². The molecule has 1 unspecified atom stereocenters. The van der Waals surface area contributed by atoms with Crippen molar-refractivity contribution in [1.82, 2.24) is 0 Å². The fraction of sp³-hybridized carbons (Fsp3) is 0.125. The Bertz CT molecular complexity index is 1020. The molecule has 0 saturated heterocycles. The summed E-state index contributed by atoms with van der Waals surface area (Å²) >= 11 is 5.87. The monoisotopic (exact) mass is 424 g/mol. The molecule has 1 atom stereocenters. The second kappa shape index (κ2) is 9.46. The van der Waals surface area contributed by atoms with Crippen LogP contribution in [0.2, 0.25) is 5.02 Å². The van der Waals surface area contributed by atoms with E-state index in [0.717, 1.165) is 0 Å². The highest BCUT2D eigenvalue weighted by Crippen LogP contribution is 2.28. The Morgan fingerprint density at radius 3 is 1.87 bits per heavy atom. The minimum Gasteiger partial charge on any atom is -0.478 e. The molecule has 0 fully saturated rings. The van der Waals surface area contributed by atoms with Crippen molar-refractivity contribution in [2.75, 3.05) is 0 Å². The predicted octanol–water partition coefficient (Wildman–Crippen LogP) is 5.81. The highest BCUT2D eigenvalue weighted by molar-refractivity contribution is 6.30. The summed E-state index contributed by atoms with van der Waals surface area (Å²) in [6.07, 6.45) is -0.00826. The van der Waals surface area contributed by atoms with E-state index in [2.05, 4.69) is 0 Å². The maximum absolute atomic E-state index is 13.2. The van der Waals surface area contributed by atoms with E-state index in [9.17, 15) is 23.9 Å². The molecule has 0 aliphatic rings. The van der Waals surface area contributed by atoms with E-state index in [1.807, 2.05) is 0 Å². The lowest BCUT2D eigenvalue weighted by Gasteiger charge is -2.17. The summed E-state index contributed by atoms with van der Waals surface area (Å²) in [5.74, 6) is -2.53. The van der Waals surface area contributed by atoms with Crippen molar-refractivity contribution in [3.8, 4) is 0 Å². The Morgan fingerprint density at radius 2 is 1.33 bits per heavy atom. The molecule has 152 valence electrons. The van der Waals surface area contributed by atoms with Crippen LogP contribution in [0.1, 0.15) is 55.4 Å². The van der Waals surface area contributed by atoms with Gasteiger partial charge in [0.05, 0.1) is 5.56 Å². The molecular weight excluding hydrogens is 407 g/mol. The summed E-state index contributed by atoms with van der Waals surface area (Å²) in [4.78, 5) is 36.9. The average Bonchev–Trinajstić information content (AvgIpc) is 2.74. The molecular formula is C24H18ClFO4. The van der Waals surface area contributed by atoms with Crippen molar-refractivity contribution in [2.45, 2.75) is 18.8 Å². The molecule has 0 amide bonds. The zero-order valence-corrected chi connectivity index (χ0v) is 16.6. The third kappa shape index (κ3) is 5.39. The molecule has 0 aromatic heterocycles. The maximum Gasteiger partial charge on any atom is 0.335 e. The quantitative estimate of drug-likeness (QED) is 0.463. The van der Waals surface area contributed by atoms with Crippen molar-refractivity contribution >= 4 is 29.1 Å². The van der Waals surface area contributed by atoms with Gasteiger partial charge in [-0.3, -0.25) is 9.59 Å². The van der Waals surface area contributed by atoms with Crippen LogP contribution in [0.5, 0.6) is 0 Å². The highest BCUT2D eigenvalue weighted by Gasteiger charge is 2.22. The van der Waals surface area contributed by atoms with Crippen molar-refractivity contribution in [1.29, 1.82) is 0 Å². The van der Waals surface area contributed by atoms with E-state index in [-0.39, 0.29) is 30.0 Å². The lowest BCUT2D eigenvalue weighted by Crippen LogP contribution is -2.13. The summed E-state index contributed by atoms with van der Waals surface area (Å²) in [6, 6.07) is 17.8. The fourth-order valence-electron chi connectivity index (χ4n) is 3.19. The number of carboxylic acids is 1. The molecule has 0 spiro atoms. The molecule has 0 heterocycles. The minimum atomic E-state index is -1.09. The fourth-order valence-corrected chi connectivity index (χ4v) is 3.31. The van der Waals surface area contributed by atoms with Gasteiger partial charge in [-0.15, -0.1) is 0 Å². The van der Waals surface area contributed by atoms with Gasteiger partial charge in [0.25, 0.3) is 0 Å². The topological polar surface area (TPSA) is 71.4 Å². The van der Waals surface area contributed by atoms with E-state index in [1.165, 1.54) is 36.4 Å². The number of hydrogen-bond acceptors (Lipinski definition) is 3. The Labute approximate surface area is 177 Å². The van der Waals surface area contributed by atoms with Crippen LogP contribution in [-0.2, 0) is 0 Å². The van der Waals surface area contributed by atoms with Gasteiger partial charge in [-0.1, -0.05) is 23.7 Å². The lowest BCUT2D eigenvalue weighted by molar-refractivity contribution is 0.0696. The molecule has 3 aromatic carbocycles. The van der Waals surface area contributed by atoms with Crippen LogP contribution in [0, 0.1) is 5.82 Å². The summed E-state index contributed by atoms with van der Waals surface area (Å²) in [7, 11) is 0. The average molecular weight is 425 g/mol. The SMILES string of the molecule is O=C(O)c1cccc(C(CC(=O)c2ccc(F)cc2)CC(=O)c2ccc(Cl)cc2)c1. The number of ketones is 2. The molecule has 0 aliphatic heterocycles. The van der Waals surface area contributed by atoms with E-state index < -0.39 is 17.7 Å². The summed E-state index contributed by atoms with van der Waals surface area (Å²) in [5, 5.41) is 9.78. The first-order chi connectivity index (χ1) is 14.3. The van der Waals surface area contributed by atoms with E-state index in [1.54, 1.807) is 36.4 Å². The number of aromatic carboxylic acids is 1. The molecule has 1 N–H and O–H groups in total. The lowest BCUT2D eigenvalue weighted by atomic mass is 9.85. The number of rotatable bonds is 8. The highest BCUT2D eigenvalue weighted by atomic mass is 35.5.